The van der Waals surface area contributed by atoms with Crippen LogP contribution < -0.4 is 21.3 Å². The van der Waals surface area contributed by atoms with Crippen LogP contribution in [0.3, 0.4) is 0 Å². The average molecular weight is 995 g/mol. The molecule has 3 unspecified atom stereocenters. The minimum atomic E-state index is -0.977. The average Bonchev–Trinajstić information content (AvgIpc) is 3.92. The van der Waals surface area contributed by atoms with Crippen molar-refractivity contribution in [1.82, 2.24) is 21.3 Å². The molecular weight excluding hydrogens is 917 g/mol. The monoisotopic (exact) mass is 995 g/mol. The van der Waals surface area contributed by atoms with Crippen LogP contribution in [-0.2, 0) is 42.8 Å². The van der Waals surface area contributed by atoms with Gasteiger partial charge < -0.3 is 49.5 Å². The Balaban J connectivity index is 0.859. The van der Waals surface area contributed by atoms with E-state index < -0.39 is 17.0 Å². The molecule has 5 rings (SSSR count). The van der Waals surface area contributed by atoms with Crippen LogP contribution in [0.25, 0.3) is 0 Å². The molecule has 2 saturated heterocycles. The smallest absolute Gasteiger partial charge is 0.315 e. The van der Waals surface area contributed by atoms with Crippen molar-refractivity contribution in [2.24, 2.45) is 5.92 Å². The maximum Gasteiger partial charge on any atom is 0.315 e. The summed E-state index contributed by atoms with van der Waals surface area (Å²) in [4.78, 5) is 37.1. The van der Waals surface area contributed by atoms with E-state index in [-0.39, 0.29) is 54.8 Å². The predicted octanol–water partition coefficient (Wildman–Crippen LogP) is 6.71. The Bertz CT molecular complexity index is 1770. The topological polar surface area (TPSA) is 175 Å². The molecule has 3 amide bonds. The molecule has 0 spiro atoms. The van der Waals surface area contributed by atoms with E-state index in [1.54, 1.807) is 11.8 Å². The summed E-state index contributed by atoms with van der Waals surface area (Å²) in [5, 5.41) is 24.4. The van der Waals surface area contributed by atoms with E-state index in [2.05, 4.69) is 108 Å². The van der Waals surface area contributed by atoms with Crippen molar-refractivity contribution in [3.63, 3.8) is 0 Å². The Morgan fingerprint density at radius 3 is 1.65 bits per heavy atom. The zero-order valence-corrected chi connectivity index (χ0v) is 42.6. The summed E-state index contributed by atoms with van der Waals surface area (Å²) in [6.07, 6.45) is 3.95. The van der Waals surface area contributed by atoms with Crippen molar-refractivity contribution in [2.45, 2.75) is 106 Å². The van der Waals surface area contributed by atoms with E-state index in [0.29, 0.717) is 96.5 Å². The van der Waals surface area contributed by atoms with E-state index in [9.17, 15) is 19.5 Å². The maximum absolute atomic E-state index is 13.4. The number of carbonyl (C=O) groups excluding carboxylic acids is 3. The van der Waals surface area contributed by atoms with Crippen LogP contribution in [0.5, 0.6) is 0 Å². The maximum atomic E-state index is 13.4. The molecule has 14 nitrogen and oxygen atoms in total. The van der Waals surface area contributed by atoms with Gasteiger partial charge in [-0.2, -0.15) is 11.8 Å². The second kappa shape index (κ2) is 32.4. The summed E-state index contributed by atoms with van der Waals surface area (Å²) >= 11 is 3.61. The highest BCUT2D eigenvalue weighted by Crippen LogP contribution is 2.48. The van der Waals surface area contributed by atoms with Gasteiger partial charge in [-0.15, -0.1) is 11.8 Å². The van der Waals surface area contributed by atoms with Gasteiger partial charge >= 0.3 is 6.03 Å². The quantitative estimate of drug-likeness (QED) is 0.0178. The second-order valence-electron chi connectivity index (χ2n) is 17.8. The van der Waals surface area contributed by atoms with Crippen LogP contribution in [-0.4, -0.2) is 149 Å². The first kappa shape index (κ1) is 56.4. The van der Waals surface area contributed by atoms with Crippen molar-refractivity contribution in [3.8, 4) is 0 Å². The number of fused-ring (bicyclic) bond motifs is 1. The third-order valence-corrected chi connectivity index (χ3v) is 15.6. The number of unbranched alkanes of at least 4 members (excludes halogenated alkanes) is 1. The number of ketones is 1. The molecule has 2 aliphatic rings. The van der Waals surface area contributed by atoms with Gasteiger partial charge in [-0.25, -0.2) is 4.79 Å². The Labute approximate surface area is 419 Å². The second-order valence-corrected chi connectivity index (χ2v) is 20.3. The van der Waals surface area contributed by atoms with Crippen LogP contribution in [0.1, 0.15) is 82.4 Å². The number of urea groups is 1. The Morgan fingerprint density at radius 1 is 0.667 bits per heavy atom. The lowest BCUT2D eigenvalue weighted by molar-refractivity contribution is -0.124. The van der Waals surface area contributed by atoms with E-state index >= 15 is 0 Å². The van der Waals surface area contributed by atoms with Gasteiger partial charge in [-0.3, -0.25) is 14.9 Å². The summed E-state index contributed by atoms with van der Waals surface area (Å²) < 4.78 is 33.1. The Morgan fingerprint density at radius 2 is 1.14 bits per heavy atom. The third-order valence-electron chi connectivity index (χ3n) is 12.4. The standard InChI is InChI=1S/C53H78N4O10S2/c1-40(2)41(3)54-51(60)47(39-69-53(42-16-7-4-8-17-42,43-18-9-5-10-19-43)44-20-11-6-12-21-44)55-49(59)25-27-63-29-31-65-33-35-67-37-36-66-34-32-64-30-28-62-26-15-23-45(58)22-13-14-24-48-50-46(38-68-48)56-52(61)57-50/h4-12,16-21,40-41,46-48,50-51,54,60H,13-15,22-39H2,1-3H3,(H,55,59)(H2,56,57,61)/t41-,46-,47?,48?,50-,51?/m1/s1. The van der Waals surface area contributed by atoms with Gasteiger partial charge in [-0.05, 0) is 48.8 Å². The summed E-state index contributed by atoms with van der Waals surface area (Å²) in [7, 11) is 0. The van der Waals surface area contributed by atoms with Gasteiger partial charge in [0.1, 0.15) is 12.0 Å². The van der Waals surface area contributed by atoms with Crippen LogP contribution in [0, 0.1) is 5.92 Å². The fraction of sp³-hybridized carbons (Fsp3) is 0.604. The molecule has 3 aromatic rings. The number of rotatable bonds is 38. The van der Waals surface area contributed by atoms with E-state index in [1.165, 1.54) is 0 Å². The molecule has 0 aliphatic carbocycles. The van der Waals surface area contributed by atoms with E-state index in [0.717, 1.165) is 48.1 Å². The fourth-order valence-corrected chi connectivity index (χ4v) is 11.4. The van der Waals surface area contributed by atoms with E-state index in [4.69, 9.17) is 28.4 Å². The number of Topliss-reactive ketones (excluding diaryl/α,β-unsaturated/α-hetero) is 1. The van der Waals surface area contributed by atoms with Crippen LogP contribution >= 0.6 is 23.5 Å². The van der Waals surface area contributed by atoms with Crippen LogP contribution in [0.15, 0.2) is 91.0 Å². The lowest BCUT2D eigenvalue weighted by atomic mass is 9.84. The zero-order chi connectivity index (χ0) is 48.9. The van der Waals surface area contributed by atoms with E-state index in [1.807, 2.05) is 36.9 Å². The molecule has 69 heavy (non-hydrogen) atoms. The zero-order valence-electron chi connectivity index (χ0n) is 41.0. The van der Waals surface area contributed by atoms with Crippen LogP contribution in [0.2, 0.25) is 0 Å². The number of benzene rings is 3. The lowest BCUT2D eigenvalue weighted by Gasteiger charge is -2.37. The minimum absolute atomic E-state index is 0.0273. The van der Waals surface area contributed by atoms with Gasteiger partial charge in [-0.1, -0.05) is 111 Å². The third kappa shape index (κ3) is 19.9. The normalized spacial score (nSPS) is 18.1. The fourth-order valence-electron chi connectivity index (χ4n) is 8.23. The van der Waals surface area contributed by atoms with Gasteiger partial charge in [0.2, 0.25) is 5.91 Å². The van der Waals surface area contributed by atoms with Gasteiger partial charge in [0.05, 0.1) is 95.5 Å². The molecule has 0 radical (unpaired) electrons. The van der Waals surface area contributed by atoms with Crippen molar-refractivity contribution < 1.29 is 47.9 Å². The molecule has 16 heteroatoms. The number of ether oxygens (including phenoxy) is 6. The number of aliphatic hydroxyl groups excluding tert-OH is 1. The first-order chi connectivity index (χ1) is 33.7. The molecule has 6 atom stereocenters. The van der Waals surface area contributed by atoms with Gasteiger partial charge in [0.15, 0.2) is 0 Å². The highest BCUT2D eigenvalue weighted by molar-refractivity contribution is 8.00. The molecule has 0 saturated carbocycles. The van der Waals surface area contributed by atoms with Crippen molar-refractivity contribution >= 4 is 41.2 Å². The molecule has 2 heterocycles. The predicted molar refractivity (Wildman–Crippen MR) is 275 cm³/mol. The number of hydrogen-bond acceptors (Lipinski definition) is 13. The molecule has 2 fully saturated rings. The molecule has 382 valence electrons. The summed E-state index contributed by atoms with van der Waals surface area (Å²) in [5.74, 6) is 1.76. The largest absolute Gasteiger partial charge is 0.379 e. The van der Waals surface area contributed by atoms with Gasteiger partial charge in [0, 0.05) is 48.7 Å². The minimum Gasteiger partial charge on any atom is -0.379 e. The number of carbonyl (C=O) groups is 3. The van der Waals surface area contributed by atoms with Crippen molar-refractivity contribution in [2.75, 3.05) is 90.8 Å². The first-order valence-electron chi connectivity index (χ1n) is 24.9. The molecule has 0 bridgehead atoms. The highest BCUT2D eigenvalue weighted by Gasteiger charge is 2.43. The molecule has 5 N–H and O–H groups in total. The van der Waals surface area contributed by atoms with Crippen molar-refractivity contribution in [1.29, 1.82) is 0 Å². The number of thioether (sulfide) groups is 2. The molecular formula is C53H78N4O10S2. The van der Waals surface area contributed by atoms with Crippen LogP contribution in [0.4, 0.5) is 4.79 Å². The molecule has 2 aliphatic heterocycles. The van der Waals surface area contributed by atoms with Crippen molar-refractivity contribution in [3.05, 3.63) is 108 Å². The Kier molecular flexibility index (Phi) is 26.5. The summed E-state index contributed by atoms with van der Waals surface area (Å²) in [6, 6.07) is 31.0. The number of amides is 3. The van der Waals surface area contributed by atoms with Gasteiger partial charge in [0.25, 0.3) is 0 Å². The molecule has 0 aromatic heterocycles. The Hall–Kier alpha value is -3.55. The lowest BCUT2D eigenvalue weighted by Crippen LogP contribution is -2.55. The number of hydrogen-bond donors (Lipinski definition) is 5. The number of aliphatic hydroxyl groups is 1. The SMILES string of the molecule is CC(C)[C@@H](C)NC(O)C(CSC(c1ccccc1)(c1ccccc1)c1ccccc1)NC(=O)CCOCCOCCOCCOCCOCCOCCCC(=O)CCCCC1SC[C@H]2NC(=O)N[C@@H]12. The molecule has 3 aromatic carbocycles. The summed E-state index contributed by atoms with van der Waals surface area (Å²) in [6.45, 7) is 11.3. The summed E-state index contributed by atoms with van der Waals surface area (Å²) in [5.41, 5.74) is 3.33. The highest BCUT2D eigenvalue weighted by atomic mass is 32.2. The first-order valence-corrected chi connectivity index (χ1v) is 26.9. The number of nitrogens with one attached hydrogen (secondary N) is 4.